The number of allylic oxidation sites excluding steroid dienone is 2. The molecule has 2 heterocycles. The molecule has 3 aromatic rings. The zero-order valence-electron chi connectivity index (χ0n) is 22.4. The van der Waals surface area contributed by atoms with Crippen molar-refractivity contribution in [1.82, 2.24) is 0 Å². The van der Waals surface area contributed by atoms with Crippen molar-refractivity contribution in [2.75, 3.05) is 18.1 Å². The number of carbonyl (C=O) groups is 3. The number of halogens is 2. The number of hydrogen-bond donors (Lipinski definition) is 1. The van der Waals surface area contributed by atoms with E-state index in [1.807, 2.05) is 11.4 Å². The maximum absolute atomic E-state index is 15.5. The van der Waals surface area contributed by atoms with Crippen LogP contribution in [-0.4, -0.2) is 30.9 Å². The van der Waals surface area contributed by atoms with Gasteiger partial charge in [-0.3, -0.25) is 14.5 Å². The Balaban J connectivity index is 1.84. The molecule has 1 aliphatic carbocycles. The summed E-state index contributed by atoms with van der Waals surface area (Å²) in [4.78, 5) is 43.5. The zero-order valence-corrected chi connectivity index (χ0v) is 23.3. The van der Waals surface area contributed by atoms with Crippen LogP contribution in [0.25, 0.3) is 0 Å². The molecule has 2 N–H and O–H groups in total. The Morgan fingerprint density at radius 2 is 1.66 bits per heavy atom. The zero-order chi connectivity index (χ0) is 29.3. The number of ether oxygens (including phenoxy) is 2. The third-order valence-electron chi connectivity index (χ3n) is 7.29. The molecule has 0 radical (unpaired) electrons. The molecule has 0 unspecified atom stereocenters. The van der Waals surface area contributed by atoms with Crippen molar-refractivity contribution in [2.24, 2.45) is 11.7 Å². The van der Waals surface area contributed by atoms with E-state index in [-0.39, 0.29) is 53.5 Å². The molecule has 41 heavy (non-hydrogen) atoms. The monoisotopic (exact) mass is 578 g/mol. The topological polar surface area (TPSA) is 98.9 Å². The van der Waals surface area contributed by atoms with Gasteiger partial charge in [-0.2, -0.15) is 0 Å². The third-order valence-corrected chi connectivity index (χ3v) is 8.30. The van der Waals surface area contributed by atoms with E-state index in [9.17, 15) is 14.4 Å². The molecule has 7 nitrogen and oxygen atoms in total. The highest BCUT2D eigenvalue weighted by Crippen LogP contribution is 2.52. The largest absolute Gasteiger partial charge is 0.465 e. The van der Waals surface area contributed by atoms with Gasteiger partial charge in [0.2, 0.25) is 0 Å². The number of Topliss-reactive ketones (excluding diaryl/α,β-unsaturated/α-hetero) is 1. The summed E-state index contributed by atoms with van der Waals surface area (Å²) in [6, 6.07) is 15.2. The molecule has 0 fully saturated rings. The SMILES string of the molecule is CCOC(=O)C1=C(N)N(c2ccccc2F)C2=C(C(=O)[C@@H](C(=O)OCC)[C@H](c3cccs3)C2)[C@@H]1c1ccccc1F. The number of anilines is 1. The fourth-order valence-corrected chi connectivity index (χ4v) is 6.50. The Labute approximate surface area is 239 Å². The summed E-state index contributed by atoms with van der Waals surface area (Å²) in [5.74, 6) is -7.01. The van der Waals surface area contributed by atoms with E-state index < -0.39 is 47.1 Å². The fraction of sp³-hybridized carbons (Fsp3) is 0.258. The van der Waals surface area contributed by atoms with E-state index >= 15 is 8.78 Å². The van der Waals surface area contributed by atoms with Crippen LogP contribution in [0.4, 0.5) is 14.5 Å². The van der Waals surface area contributed by atoms with Gasteiger partial charge in [-0.25, -0.2) is 13.6 Å². The molecule has 212 valence electrons. The average Bonchev–Trinajstić information content (AvgIpc) is 3.49. The minimum absolute atomic E-state index is 0.00130. The number of para-hydroxylation sites is 1. The molecule has 3 atom stereocenters. The maximum Gasteiger partial charge on any atom is 0.338 e. The van der Waals surface area contributed by atoms with Gasteiger partial charge < -0.3 is 15.2 Å². The van der Waals surface area contributed by atoms with Gasteiger partial charge >= 0.3 is 11.9 Å². The lowest BCUT2D eigenvalue weighted by Gasteiger charge is -2.43. The van der Waals surface area contributed by atoms with Gasteiger partial charge in [0.05, 0.1) is 30.4 Å². The summed E-state index contributed by atoms with van der Waals surface area (Å²) >= 11 is 1.37. The average molecular weight is 579 g/mol. The molecule has 1 aliphatic heterocycles. The lowest BCUT2D eigenvalue weighted by molar-refractivity contribution is -0.152. The first-order chi connectivity index (χ1) is 19.8. The van der Waals surface area contributed by atoms with Crippen molar-refractivity contribution in [3.05, 3.63) is 111 Å². The number of rotatable bonds is 7. The second-order valence-corrected chi connectivity index (χ2v) is 10.5. The number of carbonyl (C=O) groups excluding carboxylic acids is 3. The van der Waals surface area contributed by atoms with Crippen LogP contribution in [0.3, 0.4) is 0 Å². The van der Waals surface area contributed by atoms with E-state index in [1.165, 1.54) is 52.6 Å². The molecular weight excluding hydrogens is 550 g/mol. The highest BCUT2D eigenvalue weighted by molar-refractivity contribution is 7.10. The van der Waals surface area contributed by atoms with Gasteiger partial charge in [0.15, 0.2) is 5.78 Å². The summed E-state index contributed by atoms with van der Waals surface area (Å²) in [5, 5.41) is 1.83. The molecule has 1 aromatic heterocycles. The van der Waals surface area contributed by atoms with E-state index in [2.05, 4.69) is 0 Å². The van der Waals surface area contributed by atoms with Crippen LogP contribution in [0.15, 0.2) is 88.7 Å². The fourth-order valence-electron chi connectivity index (χ4n) is 5.64. The van der Waals surface area contributed by atoms with E-state index in [0.29, 0.717) is 0 Å². The highest BCUT2D eigenvalue weighted by Gasteiger charge is 2.52. The summed E-state index contributed by atoms with van der Waals surface area (Å²) < 4.78 is 41.5. The second kappa shape index (κ2) is 11.7. The predicted octanol–water partition coefficient (Wildman–Crippen LogP) is 5.55. The van der Waals surface area contributed by atoms with Crippen LogP contribution >= 0.6 is 11.3 Å². The van der Waals surface area contributed by atoms with Crippen LogP contribution in [0, 0.1) is 17.6 Å². The summed E-state index contributed by atoms with van der Waals surface area (Å²) in [6.07, 6.45) is 0.0706. The van der Waals surface area contributed by atoms with Gasteiger partial charge in [-0.1, -0.05) is 36.4 Å². The normalized spacial score (nSPS) is 20.6. The van der Waals surface area contributed by atoms with Crippen molar-refractivity contribution in [3.63, 3.8) is 0 Å². The molecule has 0 saturated carbocycles. The molecule has 2 aliphatic rings. The summed E-state index contributed by atoms with van der Waals surface area (Å²) in [5.41, 5.74) is 6.71. The molecule has 0 spiro atoms. The number of hydrogen-bond acceptors (Lipinski definition) is 8. The first-order valence-electron chi connectivity index (χ1n) is 13.2. The maximum atomic E-state index is 15.5. The van der Waals surface area contributed by atoms with Crippen molar-refractivity contribution in [3.8, 4) is 0 Å². The van der Waals surface area contributed by atoms with Crippen molar-refractivity contribution < 1.29 is 32.6 Å². The molecular formula is C31H28F2N2O5S. The second-order valence-electron chi connectivity index (χ2n) is 9.54. The lowest BCUT2D eigenvalue weighted by atomic mass is 9.68. The smallest absolute Gasteiger partial charge is 0.338 e. The summed E-state index contributed by atoms with van der Waals surface area (Å²) in [7, 11) is 0. The molecule has 5 rings (SSSR count). The lowest BCUT2D eigenvalue weighted by Crippen LogP contribution is -2.46. The van der Waals surface area contributed by atoms with Crippen LogP contribution in [0.5, 0.6) is 0 Å². The predicted molar refractivity (Wildman–Crippen MR) is 150 cm³/mol. The molecule has 0 amide bonds. The van der Waals surface area contributed by atoms with E-state index in [0.717, 1.165) is 4.88 Å². The minimum Gasteiger partial charge on any atom is -0.465 e. The van der Waals surface area contributed by atoms with Gasteiger partial charge in [-0.15, -0.1) is 11.3 Å². The first kappa shape index (κ1) is 28.2. The van der Waals surface area contributed by atoms with Crippen LogP contribution < -0.4 is 10.6 Å². The van der Waals surface area contributed by atoms with Crippen LogP contribution in [-0.2, 0) is 23.9 Å². The van der Waals surface area contributed by atoms with Gasteiger partial charge in [0.1, 0.15) is 23.4 Å². The van der Waals surface area contributed by atoms with Gasteiger partial charge in [0, 0.05) is 27.6 Å². The van der Waals surface area contributed by atoms with Crippen molar-refractivity contribution in [1.29, 1.82) is 0 Å². The number of esters is 2. The highest BCUT2D eigenvalue weighted by atomic mass is 32.1. The number of thiophene rings is 1. The molecule has 2 aromatic carbocycles. The van der Waals surface area contributed by atoms with Crippen molar-refractivity contribution in [2.45, 2.75) is 32.1 Å². The molecule has 10 heteroatoms. The number of benzene rings is 2. The number of ketones is 1. The Kier molecular flexibility index (Phi) is 8.03. The van der Waals surface area contributed by atoms with Crippen LogP contribution in [0.1, 0.15) is 42.5 Å². The van der Waals surface area contributed by atoms with Gasteiger partial charge in [0.25, 0.3) is 0 Å². The first-order valence-corrected chi connectivity index (χ1v) is 14.1. The van der Waals surface area contributed by atoms with E-state index in [1.54, 1.807) is 32.0 Å². The number of nitrogens with zero attached hydrogens (tertiary/aromatic N) is 1. The van der Waals surface area contributed by atoms with E-state index in [4.69, 9.17) is 15.2 Å². The molecule has 0 bridgehead atoms. The minimum atomic E-state index is -1.30. The quantitative estimate of drug-likeness (QED) is 0.290. The van der Waals surface area contributed by atoms with Crippen LogP contribution in [0.2, 0.25) is 0 Å². The Hall–Kier alpha value is -4.31. The van der Waals surface area contributed by atoms with Gasteiger partial charge in [-0.05, 0) is 49.9 Å². The molecule has 0 saturated heterocycles. The Morgan fingerprint density at radius 1 is 0.976 bits per heavy atom. The standard InChI is InChI=1S/C31H28F2N2O5S/c1-3-39-30(37)25-18(23-14-9-15-41-23)16-22-26(28(25)36)24(17-10-5-6-11-19(17)32)27(31(38)40-4-2)29(34)35(22)21-13-8-7-12-20(21)33/h5-15,18,24-25H,3-4,16,34H2,1-2H3/t18-,24-,25-/m0/s1. The summed E-state index contributed by atoms with van der Waals surface area (Å²) in [6.45, 7) is 3.26. The number of nitrogens with two attached hydrogens (primary N) is 1. The Morgan fingerprint density at radius 3 is 2.29 bits per heavy atom. The third kappa shape index (κ3) is 4.93. The van der Waals surface area contributed by atoms with Crippen molar-refractivity contribution >= 4 is 34.7 Å². The Bertz CT molecular complexity index is 1570.